The minimum atomic E-state index is -0.0192. The summed E-state index contributed by atoms with van der Waals surface area (Å²) in [6, 6.07) is 5.47. The van der Waals surface area contributed by atoms with E-state index < -0.39 is 0 Å². The number of aromatic nitrogens is 1. The van der Waals surface area contributed by atoms with Gasteiger partial charge < -0.3 is 15.0 Å². The highest BCUT2D eigenvalue weighted by molar-refractivity contribution is 5.92. The van der Waals surface area contributed by atoms with Crippen LogP contribution in [0.15, 0.2) is 18.2 Å². The van der Waals surface area contributed by atoms with E-state index in [0.717, 1.165) is 25.3 Å². The van der Waals surface area contributed by atoms with Crippen LogP contribution >= 0.6 is 0 Å². The maximum Gasteiger partial charge on any atom is 0.272 e. The minimum absolute atomic E-state index is 0.0192. The van der Waals surface area contributed by atoms with Crippen LogP contribution in [0.4, 0.5) is 5.82 Å². The van der Waals surface area contributed by atoms with Gasteiger partial charge >= 0.3 is 0 Å². The topological polar surface area (TPSA) is 54.5 Å². The van der Waals surface area contributed by atoms with Crippen LogP contribution in [0, 0.1) is 0 Å². The number of carbonyl (C=O) groups is 1. The smallest absolute Gasteiger partial charge is 0.272 e. The fourth-order valence-electron chi connectivity index (χ4n) is 2.10. The highest BCUT2D eigenvalue weighted by Gasteiger charge is 2.27. The Kier molecular flexibility index (Phi) is 4.15. The quantitative estimate of drug-likeness (QED) is 0.875. The number of ether oxygens (including phenoxy) is 1. The monoisotopic (exact) mass is 249 g/mol. The van der Waals surface area contributed by atoms with Gasteiger partial charge in [-0.2, -0.15) is 0 Å². The van der Waals surface area contributed by atoms with Gasteiger partial charge in [0.2, 0.25) is 0 Å². The van der Waals surface area contributed by atoms with Crippen molar-refractivity contribution in [3.05, 3.63) is 23.9 Å². The van der Waals surface area contributed by atoms with Crippen LogP contribution in [-0.2, 0) is 4.74 Å². The van der Waals surface area contributed by atoms with Gasteiger partial charge in [-0.25, -0.2) is 4.98 Å². The Morgan fingerprint density at radius 2 is 2.44 bits per heavy atom. The highest BCUT2D eigenvalue weighted by atomic mass is 16.5. The third kappa shape index (κ3) is 2.79. The molecule has 1 atom stereocenters. The summed E-state index contributed by atoms with van der Waals surface area (Å²) in [6.07, 6.45) is 1.06. The number of likely N-dealkylation sites (tertiary alicyclic amines) is 1. The van der Waals surface area contributed by atoms with Crippen LogP contribution in [0.25, 0.3) is 0 Å². The SMILES string of the molecule is CCNc1cccc(C(=O)N2CCC(OC)C2)n1. The van der Waals surface area contributed by atoms with Gasteiger partial charge in [0.15, 0.2) is 0 Å². The highest BCUT2D eigenvalue weighted by Crippen LogP contribution is 2.15. The van der Waals surface area contributed by atoms with E-state index >= 15 is 0 Å². The van der Waals surface area contributed by atoms with Gasteiger partial charge in [-0.05, 0) is 25.5 Å². The first kappa shape index (κ1) is 12.8. The lowest BCUT2D eigenvalue weighted by Gasteiger charge is -2.16. The molecule has 0 saturated carbocycles. The fraction of sp³-hybridized carbons (Fsp3) is 0.538. The molecular weight excluding hydrogens is 230 g/mol. The molecule has 1 aromatic heterocycles. The summed E-state index contributed by atoms with van der Waals surface area (Å²) in [5.74, 6) is 0.722. The Morgan fingerprint density at radius 3 is 3.11 bits per heavy atom. The first-order valence-electron chi connectivity index (χ1n) is 6.27. The van der Waals surface area contributed by atoms with Crippen molar-refractivity contribution < 1.29 is 9.53 Å². The third-order valence-corrected chi connectivity index (χ3v) is 3.09. The number of pyridine rings is 1. The van der Waals surface area contributed by atoms with E-state index in [1.165, 1.54) is 0 Å². The number of carbonyl (C=O) groups excluding carboxylic acids is 1. The van der Waals surface area contributed by atoms with Crippen LogP contribution in [0.1, 0.15) is 23.8 Å². The summed E-state index contributed by atoms with van der Waals surface area (Å²) < 4.78 is 5.26. The average molecular weight is 249 g/mol. The number of amides is 1. The number of hydrogen-bond donors (Lipinski definition) is 1. The van der Waals surface area contributed by atoms with Crippen molar-refractivity contribution in [2.24, 2.45) is 0 Å². The van der Waals surface area contributed by atoms with E-state index in [9.17, 15) is 4.79 Å². The zero-order chi connectivity index (χ0) is 13.0. The molecular formula is C13H19N3O2. The second-order valence-electron chi connectivity index (χ2n) is 4.34. The van der Waals surface area contributed by atoms with Gasteiger partial charge in [0.25, 0.3) is 5.91 Å². The summed E-state index contributed by atoms with van der Waals surface area (Å²) in [4.78, 5) is 18.4. The Balaban J connectivity index is 2.07. The lowest BCUT2D eigenvalue weighted by atomic mass is 10.3. The second-order valence-corrected chi connectivity index (χ2v) is 4.34. The number of nitrogens with one attached hydrogen (secondary N) is 1. The van der Waals surface area contributed by atoms with E-state index in [-0.39, 0.29) is 12.0 Å². The molecule has 1 aliphatic heterocycles. The molecule has 1 unspecified atom stereocenters. The van der Waals surface area contributed by atoms with Crippen LogP contribution in [0.5, 0.6) is 0 Å². The molecule has 18 heavy (non-hydrogen) atoms. The minimum Gasteiger partial charge on any atom is -0.380 e. The first-order chi connectivity index (χ1) is 8.74. The van der Waals surface area contributed by atoms with Gasteiger partial charge in [0.1, 0.15) is 11.5 Å². The molecule has 0 spiro atoms. The summed E-state index contributed by atoms with van der Waals surface area (Å²) >= 11 is 0. The molecule has 0 aromatic carbocycles. The van der Waals surface area contributed by atoms with Crippen molar-refractivity contribution in [3.63, 3.8) is 0 Å². The van der Waals surface area contributed by atoms with E-state index in [0.29, 0.717) is 12.2 Å². The summed E-state index contributed by atoms with van der Waals surface area (Å²) in [5.41, 5.74) is 0.491. The average Bonchev–Trinajstić information content (AvgIpc) is 2.87. The molecule has 1 fully saturated rings. The van der Waals surface area contributed by atoms with Gasteiger partial charge in [-0.1, -0.05) is 6.07 Å². The maximum atomic E-state index is 12.2. The van der Waals surface area contributed by atoms with E-state index in [1.54, 1.807) is 18.1 Å². The zero-order valence-electron chi connectivity index (χ0n) is 10.8. The first-order valence-corrected chi connectivity index (χ1v) is 6.27. The third-order valence-electron chi connectivity index (χ3n) is 3.09. The maximum absolute atomic E-state index is 12.2. The molecule has 5 nitrogen and oxygen atoms in total. The molecule has 2 rings (SSSR count). The molecule has 98 valence electrons. The molecule has 0 radical (unpaired) electrons. The number of rotatable bonds is 4. The van der Waals surface area contributed by atoms with Crippen LogP contribution in [-0.4, -0.2) is 48.6 Å². The standard InChI is InChI=1S/C13H19N3O2/c1-3-14-12-6-4-5-11(15-12)13(17)16-8-7-10(9-16)18-2/h4-6,10H,3,7-9H2,1-2H3,(H,14,15). The second kappa shape index (κ2) is 5.82. The predicted molar refractivity (Wildman–Crippen MR) is 69.7 cm³/mol. The molecule has 1 amide bonds. The van der Waals surface area contributed by atoms with Crippen molar-refractivity contribution in [1.82, 2.24) is 9.88 Å². The molecule has 0 bridgehead atoms. The Hall–Kier alpha value is -1.62. The fourth-order valence-corrected chi connectivity index (χ4v) is 2.10. The van der Waals surface area contributed by atoms with Crippen molar-refractivity contribution in [1.29, 1.82) is 0 Å². The van der Waals surface area contributed by atoms with Crippen molar-refractivity contribution in [2.45, 2.75) is 19.4 Å². The summed E-state index contributed by atoms with van der Waals surface area (Å²) in [7, 11) is 1.68. The van der Waals surface area contributed by atoms with Gasteiger partial charge in [0.05, 0.1) is 6.10 Å². The van der Waals surface area contributed by atoms with E-state index in [4.69, 9.17) is 4.74 Å². The van der Waals surface area contributed by atoms with Gasteiger partial charge in [-0.15, -0.1) is 0 Å². The molecule has 1 saturated heterocycles. The molecule has 5 heteroatoms. The molecule has 1 N–H and O–H groups in total. The molecule has 0 aliphatic carbocycles. The Labute approximate surface area is 107 Å². The number of methoxy groups -OCH3 is 1. The number of hydrogen-bond acceptors (Lipinski definition) is 4. The van der Waals surface area contributed by atoms with Crippen molar-refractivity contribution in [2.75, 3.05) is 32.1 Å². The van der Waals surface area contributed by atoms with Crippen LogP contribution in [0.2, 0.25) is 0 Å². The van der Waals surface area contributed by atoms with Gasteiger partial charge in [-0.3, -0.25) is 4.79 Å². The molecule has 2 heterocycles. The Morgan fingerprint density at radius 1 is 1.61 bits per heavy atom. The number of anilines is 1. The summed E-state index contributed by atoms with van der Waals surface area (Å²) in [5, 5.41) is 3.11. The van der Waals surface area contributed by atoms with Gasteiger partial charge in [0, 0.05) is 26.7 Å². The largest absolute Gasteiger partial charge is 0.380 e. The van der Waals surface area contributed by atoms with E-state index in [2.05, 4.69) is 10.3 Å². The normalized spacial score (nSPS) is 19.0. The summed E-state index contributed by atoms with van der Waals surface area (Å²) in [6.45, 7) is 4.19. The predicted octanol–water partition coefficient (Wildman–Crippen LogP) is 1.37. The molecule has 1 aliphatic rings. The number of nitrogens with zero attached hydrogens (tertiary/aromatic N) is 2. The molecule has 1 aromatic rings. The van der Waals surface area contributed by atoms with Crippen molar-refractivity contribution >= 4 is 11.7 Å². The zero-order valence-corrected chi connectivity index (χ0v) is 10.8. The van der Waals surface area contributed by atoms with Crippen LogP contribution in [0.3, 0.4) is 0 Å². The van der Waals surface area contributed by atoms with E-state index in [1.807, 2.05) is 19.1 Å². The lowest BCUT2D eigenvalue weighted by molar-refractivity contribution is 0.0719. The van der Waals surface area contributed by atoms with Crippen molar-refractivity contribution in [3.8, 4) is 0 Å². The Bertz CT molecular complexity index is 422. The van der Waals surface area contributed by atoms with Crippen LogP contribution < -0.4 is 5.32 Å². The lowest BCUT2D eigenvalue weighted by Crippen LogP contribution is -2.30.